The van der Waals surface area contributed by atoms with Crippen LogP contribution in [0.15, 0.2) is 24.3 Å². The highest BCUT2D eigenvalue weighted by Crippen LogP contribution is 2.31. The number of rotatable bonds is 5. The van der Waals surface area contributed by atoms with Crippen LogP contribution in [-0.2, 0) is 9.53 Å². The second-order valence-corrected chi connectivity index (χ2v) is 6.75. The van der Waals surface area contributed by atoms with Crippen molar-refractivity contribution in [1.82, 2.24) is 5.32 Å². The Morgan fingerprint density at radius 2 is 2.04 bits per heavy atom. The number of halogens is 2. The van der Waals surface area contributed by atoms with Gasteiger partial charge in [0.25, 0.3) is 0 Å². The molecule has 0 saturated carbocycles. The summed E-state index contributed by atoms with van der Waals surface area (Å²) in [4.78, 5) is 14.7. The largest absolute Gasteiger partial charge is 0.495 e. The molecule has 148 valence electrons. The number of carbonyl (C=O) groups is 1. The highest BCUT2D eigenvalue weighted by atomic mass is 35.5. The van der Waals surface area contributed by atoms with Gasteiger partial charge in [-0.25, -0.2) is 0 Å². The molecule has 2 aliphatic heterocycles. The van der Waals surface area contributed by atoms with E-state index in [2.05, 4.69) is 16.3 Å². The molecule has 1 aromatic rings. The molecule has 0 radical (unpaired) electrons. The van der Waals surface area contributed by atoms with Crippen molar-refractivity contribution in [3.63, 3.8) is 0 Å². The van der Waals surface area contributed by atoms with E-state index in [-0.39, 0.29) is 30.7 Å². The quantitative estimate of drug-likeness (QED) is 0.782. The molecule has 3 N–H and O–H groups in total. The van der Waals surface area contributed by atoms with Crippen LogP contribution in [-0.4, -0.2) is 51.4 Å². The first kappa shape index (κ1) is 22.8. The lowest BCUT2D eigenvalue weighted by Crippen LogP contribution is -2.57. The Morgan fingerprint density at radius 1 is 1.35 bits per heavy atom. The zero-order chi connectivity index (χ0) is 17.0. The summed E-state index contributed by atoms with van der Waals surface area (Å²) in [6, 6.07) is 8.06. The molecular formula is C18H29Cl2N3O3. The van der Waals surface area contributed by atoms with Gasteiger partial charge in [0.15, 0.2) is 0 Å². The maximum Gasteiger partial charge on any atom is 0.240 e. The van der Waals surface area contributed by atoms with Crippen LogP contribution >= 0.6 is 24.8 Å². The minimum atomic E-state index is -0.765. The van der Waals surface area contributed by atoms with Crippen molar-refractivity contribution in [3.05, 3.63) is 24.3 Å². The molecule has 6 nitrogen and oxygen atoms in total. The van der Waals surface area contributed by atoms with Crippen LogP contribution in [0, 0.1) is 5.92 Å². The van der Waals surface area contributed by atoms with Crippen LogP contribution in [0.1, 0.15) is 19.3 Å². The van der Waals surface area contributed by atoms with E-state index in [1.165, 1.54) is 0 Å². The highest BCUT2D eigenvalue weighted by molar-refractivity contribution is 5.86. The van der Waals surface area contributed by atoms with Gasteiger partial charge in [-0.3, -0.25) is 4.79 Å². The maximum atomic E-state index is 12.4. The topological polar surface area (TPSA) is 76.8 Å². The second-order valence-electron chi connectivity index (χ2n) is 6.75. The third-order valence-corrected chi connectivity index (χ3v) is 5.10. The molecule has 1 unspecified atom stereocenters. The second kappa shape index (κ2) is 10.2. The van der Waals surface area contributed by atoms with Crippen LogP contribution in [0.4, 0.5) is 5.69 Å². The molecule has 1 amide bonds. The van der Waals surface area contributed by atoms with Crippen LogP contribution in [0.2, 0.25) is 0 Å². The number of ether oxygens (including phenoxy) is 2. The van der Waals surface area contributed by atoms with Crippen molar-refractivity contribution in [2.24, 2.45) is 11.7 Å². The van der Waals surface area contributed by atoms with Crippen LogP contribution in [0.5, 0.6) is 5.75 Å². The summed E-state index contributed by atoms with van der Waals surface area (Å²) in [5, 5.41) is 3.06. The first-order chi connectivity index (χ1) is 11.6. The Hall–Kier alpha value is -1.21. The van der Waals surface area contributed by atoms with Gasteiger partial charge in [-0.1, -0.05) is 12.1 Å². The van der Waals surface area contributed by atoms with Crippen molar-refractivity contribution in [2.75, 3.05) is 44.9 Å². The van der Waals surface area contributed by atoms with Gasteiger partial charge >= 0.3 is 0 Å². The van der Waals surface area contributed by atoms with E-state index in [9.17, 15) is 4.79 Å². The molecule has 3 rings (SSSR count). The average Bonchev–Trinajstić information content (AvgIpc) is 3.09. The van der Waals surface area contributed by atoms with Crippen LogP contribution in [0.3, 0.4) is 0 Å². The molecule has 2 aliphatic rings. The SMILES string of the molecule is COc1ccccc1N1CCC(CNC(=O)C2(N)CCOCC2)C1.Cl.Cl. The number of carbonyl (C=O) groups excluding carboxylic acids is 1. The van der Waals surface area contributed by atoms with Gasteiger partial charge < -0.3 is 25.4 Å². The van der Waals surface area contributed by atoms with E-state index in [0.717, 1.165) is 30.9 Å². The lowest BCUT2D eigenvalue weighted by atomic mass is 9.90. The number of para-hydroxylation sites is 2. The van der Waals surface area contributed by atoms with Gasteiger partial charge in [0.2, 0.25) is 5.91 Å². The fourth-order valence-electron chi connectivity index (χ4n) is 3.48. The first-order valence-electron chi connectivity index (χ1n) is 8.65. The van der Waals surface area contributed by atoms with Crippen molar-refractivity contribution < 1.29 is 14.3 Å². The minimum absolute atomic E-state index is 0. The molecule has 1 aromatic carbocycles. The standard InChI is InChI=1S/C18H27N3O3.2ClH/c1-23-16-5-3-2-4-15(16)21-9-6-14(13-21)12-20-17(22)18(19)7-10-24-11-8-18;;/h2-5,14H,6-13,19H2,1H3,(H,20,22);2*1H. The molecule has 0 aromatic heterocycles. The van der Waals surface area contributed by atoms with Crippen molar-refractivity contribution >= 4 is 36.4 Å². The molecule has 26 heavy (non-hydrogen) atoms. The third-order valence-electron chi connectivity index (χ3n) is 5.10. The van der Waals surface area contributed by atoms with Gasteiger partial charge in [0, 0.05) is 32.8 Å². The number of methoxy groups -OCH3 is 1. The van der Waals surface area contributed by atoms with E-state index in [1.54, 1.807) is 7.11 Å². The first-order valence-corrected chi connectivity index (χ1v) is 8.65. The monoisotopic (exact) mass is 405 g/mol. The molecule has 2 fully saturated rings. The number of benzene rings is 1. The van der Waals surface area contributed by atoms with Crippen molar-refractivity contribution in [2.45, 2.75) is 24.8 Å². The third kappa shape index (κ3) is 5.16. The maximum absolute atomic E-state index is 12.4. The van der Waals surface area contributed by atoms with E-state index < -0.39 is 5.54 Å². The molecule has 2 heterocycles. The fourth-order valence-corrected chi connectivity index (χ4v) is 3.48. The Bertz CT molecular complexity index is 583. The number of amides is 1. The van der Waals surface area contributed by atoms with E-state index in [0.29, 0.717) is 38.5 Å². The number of nitrogens with two attached hydrogens (primary N) is 1. The summed E-state index contributed by atoms with van der Waals surface area (Å²) in [5.74, 6) is 1.29. The summed E-state index contributed by atoms with van der Waals surface area (Å²) in [6.45, 7) is 3.69. The fraction of sp³-hybridized carbons (Fsp3) is 0.611. The Kier molecular flexibility index (Phi) is 8.96. The molecule has 0 spiro atoms. The van der Waals surface area contributed by atoms with Crippen molar-refractivity contribution in [3.8, 4) is 5.75 Å². The number of anilines is 1. The Balaban J connectivity index is 0.00000169. The van der Waals surface area contributed by atoms with E-state index >= 15 is 0 Å². The van der Waals surface area contributed by atoms with E-state index in [4.69, 9.17) is 15.2 Å². The van der Waals surface area contributed by atoms with Crippen LogP contribution < -0.4 is 20.7 Å². The number of nitrogens with one attached hydrogen (secondary N) is 1. The molecule has 8 heteroatoms. The number of hydrogen-bond acceptors (Lipinski definition) is 5. The Labute approximate surface area is 167 Å². The summed E-state index contributed by atoms with van der Waals surface area (Å²) in [6.07, 6.45) is 2.24. The Morgan fingerprint density at radius 3 is 2.73 bits per heavy atom. The summed E-state index contributed by atoms with van der Waals surface area (Å²) in [7, 11) is 1.70. The van der Waals surface area contributed by atoms with Gasteiger partial charge in [0.05, 0.1) is 18.3 Å². The molecule has 2 saturated heterocycles. The van der Waals surface area contributed by atoms with Gasteiger partial charge in [-0.15, -0.1) is 24.8 Å². The molecular weight excluding hydrogens is 377 g/mol. The normalized spacial score (nSPS) is 21.3. The van der Waals surface area contributed by atoms with Gasteiger partial charge in [0.1, 0.15) is 5.75 Å². The summed E-state index contributed by atoms with van der Waals surface area (Å²) >= 11 is 0. The number of nitrogens with zero attached hydrogens (tertiary/aromatic N) is 1. The lowest BCUT2D eigenvalue weighted by Gasteiger charge is -2.32. The summed E-state index contributed by atoms with van der Waals surface area (Å²) in [5.41, 5.74) is 6.58. The zero-order valence-electron chi connectivity index (χ0n) is 15.1. The average molecular weight is 406 g/mol. The van der Waals surface area contributed by atoms with E-state index in [1.807, 2.05) is 18.2 Å². The zero-order valence-corrected chi connectivity index (χ0v) is 16.7. The predicted molar refractivity (Wildman–Crippen MR) is 108 cm³/mol. The molecule has 1 atom stereocenters. The molecule has 0 aliphatic carbocycles. The highest BCUT2D eigenvalue weighted by Gasteiger charge is 2.36. The smallest absolute Gasteiger partial charge is 0.240 e. The number of hydrogen-bond donors (Lipinski definition) is 2. The van der Waals surface area contributed by atoms with Crippen molar-refractivity contribution in [1.29, 1.82) is 0 Å². The predicted octanol–water partition coefficient (Wildman–Crippen LogP) is 1.99. The lowest BCUT2D eigenvalue weighted by molar-refractivity contribution is -0.129. The minimum Gasteiger partial charge on any atom is -0.495 e. The molecule has 0 bridgehead atoms. The van der Waals surface area contributed by atoms with Gasteiger partial charge in [-0.2, -0.15) is 0 Å². The van der Waals surface area contributed by atoms with Crippen LogP contribution in [0.25, 0.3) is 0 Å². The van der Waals surface area contributed by atoms with Gasteiger partial charge in [-0.05, 0) is 37.3 Å². The summed E-state index contributed by atoms with van der Waals surface area (Å²) < 4.78 is 10.7.